The van der Waals surface area contributed by atoms with Gasteiger partial charge in [0.05, 0.1) is 22.1 Å². The van der Waals surface area contributed by atoms with Gasteiger partial charge in [0.15, 0.2) is 5.82 Å². The van der Waals surface area contributed by atoms with E-state index in [1.54, 1.807) is 0 Å². The molecule has 0 atom stereocenters. The Balaban J connectivity index is 1.40. The third-order valence-electron chi connectivity index (χ3n) is 8.58. The Morgan fingerprint density at radius 1 is 0.372 bits per heavy atom. The maximum absolute atomic E-state index is 5.34. The van der Waals surface area contributed by atoms with Crippen LogP contribution in [0.5, 0.6) is 0 Å². The van der Waals surface area contributed by atoms with Gasteiger partial charge < -0.3 is 0 Å². The van der Waals surface area contributed by atoms with Gasteiger partial charge >= 0.3 is 0 Å². The summed E-state index contributed by atoms with van der Waals surface area (Å²) in [4.78, 5) is 10.6. The molecule has 3 heteroatoms. The first kappa shape index (κ1) is 23.9. The normalized spacial score (nSPS) is 11.7. The topological polar surface area (TPSA) is 30.7 Å². The molecule has 3 nitrogen and oxygen atoms in total. The zero-order valence-electron chi connectivity index (χ0n) is 23.3. The van der Waals surface area contributed by atoms with Crippen molar-refractivity contribution in [2.45, 2.75) is 0 Å². The van der Waals surface area contributed by atoms with Gasteiger partial charge in [0.2, 0.25) is 0 Å². The molecule has 43 heavy (non-hydrogen) atoms. The molecule has 0 radical (unpaired) electrons. The Morgan fingerprint density at radius 2 is 0.860 bits per heavy atom. The summed E-state index contributed by atoms with van der Waals surface area (Å²) in [5, 5.41) is 7.41. The summed E-state index contributed by atoms with van der Waals surface area (Å²) in [5.41, 5.74) is 8.26. The molecule has 0 spiro atoms. The molecule has 7 aromatic carbocycles. The number of fused-ring (bicyclic) bond motifs is 8. The fourth-order valence-electron chi connectivity index (χ4n) is 6.57. The van der Waals surface area contributed by atoms with E-state index < -0.39 is 0 Å². The molecule has 0 N–H and O–H groups in total. The van der Waals surface area contributed by atoms with Gasteiger partial charge in [-0.15, -0.1) is 0 Å². The highest BCUT2D eigenvalue weighted by Gasteiger charge is 2.21. The van der Waals surface area contributed by atoms with Gasteiger partial charge in [-0.2, -0.15) is 0 Å². The zero-order chi connectivity index (χ0) is 28.3. The Bertz CT molecular complexity index is 2400. The first-order valence-corrected chi connectivity index (χ1v) is 14.6. The number of rotatable bonds is 3. The maximum Gasteiger partial charge on any atom is 0.165 e. The summed E-state index contributed by atoms with van der Waals surface area (Å²) in [6, 6.07) is 53.6. The van der Waals surface area contributed by atoms with Gasteiger partial charge in [0.1, 0.15) is 5.69 Å². The van der Waals surface area contributed by atoms with Crippen LogP contribution in [0.3, 0.4) is 0 Å². The van der Waals surface area contributed by atoms with E-state index in [0.717, 1.165) is 39.1 Å². The van der Waals surface area contributed by atoms with Crippen molar-refractivity contribution in [3.8, 4) is 28.2 Å². The van der Waals surface area contributed by atoms with Crippen molar-refractivity contribution in [1.82, 2.24) is 14.5 Å². The molecular weight excluding hydrogens is 522 g/mol. The van der Waals surface area contributed by atoms with Gasteiger partial charge in [-0.05, 0) is 56.9 Å². The van der Waals surface area contributed by atoms with E-state index in [2.05, 4.69) is 126 Å². The Kier molecular flexibility index (Phi) is 5.20. The van der Waals surface area contributed by atoms with Crippen molar-refractivity contribution in [2.24, 2.45) is 0 Å². The summed E-state index contributed by atoms with van der Waals surface area (Å²) in [5.74, 6) is 0.830. The van der Waals surface area contributed by atoms with Crippen LogP contribution in [0.2, 0.25) is 0 Å². The molecule has 0 saturated carbocycles. The number of hydrogen-bond acceptors (Lipinski definition) is 2. The highest BCUT2D eigenvalue weighted by Crippen LogP contribution is 2.42. The van der Waals surface area contributed by atoms with Crippen LogP contribution in [-0.4, -0.2) is 14.5 Å². The second-order valence-electron chi connectivity index (χ2n) is 11.0. The van der Waals surface area contributed by atoms with Crippen molar-refractivity contribution >= 4 is 54.4 Å². The van der Waals surface area contributed by atoms with Gasteiger partial charge in [-0.3, -0.25) is 4.57 Å². The van der Waals surface area contributed by atoms with Gasteiger partial charge in [-0.25, -0.2) is 9.97 Å². The first-order valence-electron chi connectivity index (χ1n) is 14.6. The quantitative estimate of drug-likeness (QED) is 0.220. The summed E-state index contributed by atoms with van der Waals surface area (Å²) >= 11 is 0. The fraction of sp³-hybridized carbons (Fsp3) is 0. The lowest BCUT2D eigenvalue weighted by Crippen LogP contribution is -2.03. The summed E-state index contributed by atoms with van der Waals surface area (Å²) in [7, 11) is 0. The van der Waals surface area contributed by atoms with Crippen molar-refractivity contribution < 1.29 is 0 Å². The Labute approximate surface area is 248 Å². The molecule has 0 fully saturated rings. The van der Waals surface area contributed by atoms with Crippen molar-refractivity contribution in [3.63, 3.8) is 0 Å². The Morgan fingerprint density at radius 3 is 1.49 bits per heavy atom. The van der Waals surface area contributed by atoms with Crippen LogP contribution in [-0.2, 0) is 0 Å². The molecule has 200 valence electrons. The van der Waals surface area contributed by atoms with Crippen LogP contribution in [0, 0.1) is 0 Å². The molecule has 0 aliphatic carbocycles. The van der Waals surface area contributed by atoms with Crippen LogP contribution >= 0.6 is 0 Å². The second-order valence-corrected chi connectivity index (χ2v) is 11.0. The minimum absolute atomic E-state index is 0.830. The molecule has 2 heterocycles. The van der Waals surface area contributed by atoms with E-state index in [1.807, 2.05) is 30.3 Å². The molecule has 0 aliphatic heterocycles. The average Bonchev–Trinajstić information content (AvgIpc) is 3.43. The van der Waals surface area contributed by atoms with Crippen molar-refractivity contribution in [3.05, 3.63) is 152 Å². The summed E-state index contributed by atoms with van der Waals surface area (Å²) in [6.07, 6.45) is 0. The molecule has 0 unspecified atom stereocenters. The highest BCUT2D eigenvalue weighted by molar-refractivity contribution is 6.28. The SMILES string of the molecule is c1ccc(-c2ccc(-c3nc4ccccc4nc3-n3c4ccc5ccccc5c4c4c5ccccc5ccc43)cc2)cc1. The molecule has 0 amide bonds. The van der Waals surface area contributed by atoms with E-state index in [-0.39, 0.29) is 0 Å². The van der Waals surface area contributed by atoms with Gasteiger partial charge in [0, 0.05) is 16.3 Å². The van der Waals surface area contributed by atoms with Crippen LogP contribution in [0.4, 0.5) is 0 Å². The van der Waals surface area contributed by atoms with Crippen LogP contribution in [0.25, 0.3) is 82.6 Å². The fourth-order valence-corrected chi connectivity index (χ4v) is 6.57. The third-order valence-corrected chi connectivity index (χ3v) is 8.58. The predicted molar refractivity (Wildman–Crippen MR) is 180 cm³/mol. The molecule has 0 aliphatic rings. The molecule has 9 rings (SSSR count). The van der Waals surface area contributed by atoms with E-state index in [1.165, 1.54) is 43.4 Å². The van der Waals surface area contributed by atoms with Crippen LogP contribution in [0.1, 0.15) is 0 Å². The van der Waals surface area contributed by atoms with E-state index in [0.29, 0.717) is 0 Å². The molecular formula is C40H25N3. The Hall–Kier alpha value is -5.80. The molecule has 2 aromatic heterocycles. The minimum Gasteiger partial charge on any atom is -0.292 e. The van der Waals surface area contributed by atoms with E-state index >= 15 is 0 Å². The number of para-hydroxylation sites is 2. The summed E-state index contributed by atoms with van der Waals surface area (Å²) < 4.78 is 2.32. The monoisotopic (exact) mass is 547 g/mol. The minimum atomic E-state index is 0.830. The highest BCUT2D eigenvalue weighted by atomic mass is 15.1. The van der Waals surface area contributed by atoms with Crippen LogP contribution in [0.15, 0.2) is 152 Å². The summed E-state index contributed by atoms with van der Waals surface area (Å²) in [6.45, 7) is 0. The number of aromatic nitrogens is 3. The standard InChI is InChI=1S/C40H25N3/c1-2-10-26(11-3-1)27-18-20-30(21-19-27)39-40(42-34-17-9-8-16-33(34)41-39)43-35-24-22-28-12-4-6-14-31(28)37(35)38-32-15-7-5-13-29(32)23-25-36(38)43/h1-25H. The lowest BCUT2D eigenvalue weighted by molar-refractivity contribution is 1.08. The average molecular weight is 548 g/mol. The van der Waals surface area contributed by atoms with E-state index in [9.17, 15) is 0 Å². The predicted octanol–water partition coefficient (Wildman–Crippen LogP) is 10.4. The van der Waals surface area contributed by atoms with Gasteiger partial charge in [-0.1, -0.05) is 127 Å². The molecule has 9 aromatic rings. The molecule has 0 saturated heterocycles. The third kappa shape index (κ3) is 3.68. The zero-order valence-corrected chi connectivity index (χ0v) is 23.3. The van der Waals surface area contributed by atoms with Crippen molar-refractivity contribution in [2.75, 3.05) is 0 Å². The number of hydrogen-bond donors (Lipinski definition) is 0. The largest absolute Gasteiger partial charge is 0.292 e. The van der Waals surface area contributed by atoms with Gasteiger partial charge in [0.25, 0.3) is 0 Å². The number of benzene rings is 7. The number of nitrogens with zero attached hydrogens (tertiary/aromatic N) is 3. The molecule has 0 bridgehead atoms. The van der Waals surface area contributed by atoms with Crippen molar-refractivity contribution in [1.29, 1.82) is 0 Å². The van der Waals surface area contributed by atoms with Crippen LogP contribution < -0.4 is 0 Å². The lowest BCUT2D eigenvalue weighted by Gasteiger charge is -2.14. The maximum atomic E-state index is 5.34. The lowest BCUT2D eigenvalue weighted by atomic mass is 10.00. The smallest absolute Gasteiger partial charge is 0.165 e. The van der Waals surface area contributed by atoms with E-state index in [4.69, 9.17) is 9.97 Å². The first-order chi connectivity index (χ1) is 21.3. The second kappa shape index (κ2) is 9.37.